The van der Waals surface area contributed by atoms with Crippen molar-refractivity contribution in [3.63, 3.8) is 0 Å². The van der Waals surface area contributed by atoms with Crippen LogP contribution in [0, 0.1) is 5.92 Å². The third-order valence-electron chi connectivity index (χ3n) is 2.86. The number of hydrogen-bond donors (Lipinski definition) is 0. The predicted molar refractivity (Wildman–Crippen MR) is 73.1 cm³/mol. The maximum absolute atomic E-state index is 12.1. The minimum absolute atomic E-state index is 0.203. The first-order valence-electron chi connectivity index (χ1n) is 6.09. The molecule has 1 aliphatic rings. The molecule has 94 valence electrons. The normalized spacial score (nSPS) is 15.8. The Hall–Kier alpha value is -0.380. The number of Topliss-reactive ketones (excluding diaryl/α,β-unsaturated/α-hetero) is 1. The molecule has 1 fully saturated rings. The zero-order valence-corrected chi connectivity index (χ0v) is 11.9. The lowest BCUT2D eigenvalue weighted by Crippen LogP contribution is -2.34. The molecular weight excluding hydrogens is 254 g/mol. The van der Waals surface area contributed by atoms with E-state index in [4.69, 9.17) is 11.6 Å². The third kappa shape index (κ3) is 3.80. The van der Waals surface area contributed by atoms with Crippen molar-refractivity contribution >= 4 is 28.7 Å². The van der Waals surface area contributed by atoms with Crippen LogP contribution in [0.5, 0.6) is 0 Å². The Kier molecular flexibility index (Phi) is 4.23. The number of ketones is 1. The SMILES string of the molecule is CC(C)CN(CC(=O)c1ccc(Cl)s1)C1CC1. The standard InChI is InChI=1S/C13H18ClNOS/c1-9(2)7-15(10-3-4-10)8-11(16)12-5-6-13(14)17-12/h5-6,9-10H,3-4,7-8H2,1-2H3. The number of halogens is 1. The molecule has 1 aliphatic carbocycles. The van der Waals surface area contributed by atoms with Gasteiger partial charge in [-0.1, -0.05) is 25.4 Å². The molecule has 0 radical (unpaired) electrons. The van der Waals surface area contributed by atoms with Gasteiger partial charge in [-0.2, -0.15) is 0 Å². The topological polar surface area (TPSA) is 20.3 Å². The number of carbonyl (C=O) groups excluding carboxylic acids is 1. The van der Waals surface area contributed by atoms with E-state index in [1.54, 1.807) is 6.07 Å². The molecule has 0 unspecified atom stereocenters. The molecule has 0 aliphatic heterocycles. The highest BCUT2D eigenvalue weighted by Crippen LogP contribution is 2.28. The van der Waals surface area contributed by atoms with Crippen molar-refractivity contribution in [1.29, 1.82) is 0 Å². The second-order valence-corrected chi connectivity index (χ2v) is 6.80. The predicted octanol–water partition coefficient (Wildman–Crippen LogP) is 3.70. The number of nitrogens with zero attached hydrogens (tertiary/aromatic N) is 1. The lowest BCUT2D eigenvalue weighted by molar-refractivity contribution is 0.0919. The van der Waals surface area contributed by atoms with Crippen molar-refractivity contribution in [1.82, 2.24) is 4.90 Å². The van der Waals surface area contributed by atoms with E-state index in [1.807, 2.05) is 6.07 Å². The average molecular weight is 272 g/mol. The first-order valence-corrected chi connectivity index (χ1v) is 7.28. The van der Waals surface area contributed by atoms with E-state index in [9.17, 15) is 4.79 Å². The summed E-state index contributed by atoms with van der Waals surface area (Å²) >= 11 is 7.23. The molecule has 0 atom stereocenters. The van der Waals surface area contributed by atoms with Crippen LogP contribution in [0.2, 0.25) is 4.34 Å². The second-order valence-electron chi connectivity index (χ2n) is 5.08. The van der Waals surface area contributed by atoms with Gasteiger partial charge in [0.2, 0.25) is 0 Å². The highest BCUT2D eigenvalue weighted by Gasteiger charge is 2.30. The van der Waals surface area contributed by atoms with Crippen LogP contribution < -0.4 is 0 Å². The van der Waals surface area contributed by atoms with Gasteiger partial charge >= 0.3 is 0 Å². The first kappa shape index (κ1) is 13.1. The van der Waals surface area contributed by atoms with Crippen molar-refractivity contribution in [2.75, 3.05) is 13.1 Å². The molecule has 0 N–H and O–H groups in total. The highest BCUT2D eigenvalue weighted by molar-refractivity contribution is 7.18. The summed E-state index contributed by atoms with van der Waals surface area (Å²) in [6, 6.07) is 4.26. The fraction of sp³-hybridized carbons (Fsp3) is 0.615. The van der Waals surface area contributed by atoms with E-state index >= 15 is 0 Å². The molecule has 17 heavy (non-hydrogen) atoms. The molecule has 0 spiro atoms. The number of rotatable bonds is 6. The van der Waals surface area contributed by atoms with Gasteiger partial charge in [0.05, 0.1) is 15.8 Å². The van der Waals surface area contributed by atoms with Crippen molar-refractivity contribution in [3.05, 3.63) is 21.3 Å². The summed E-state index contributed by atoms with van der Waals surface area (Å²) in [4.78, 5) is 15.2. The van der Waals surface area contributed by atoms with E-state index < -0.39 is 0 Å². The van der Waals surface area contributed by atoms with Crippen LogP contribution in [0.1, 0.15) is 36.4 Å². The van der Waals surface area contributed by atoms with Crippen molar-refractivity contribution in [3.8, 4) is 0 Å². The van der Waals surface area contributed by atoms with Crippen LogP contribution in [0.15, 0.2) is 12.1 Å². The third-order valence-corrected chi connectivity index (χ3v) is 4.13. The molecule has 1 aromatic heterocycles. The Labute approximate surface area is 112 Å². The van der Waals surface area contributed by atoms with E-state index in [-0.39, 0.29) is 5.78 Å². The van der Waals surface area contributed by atoms with Crippen LogP contribution in [0.3, 0.4) is 0 Å². The quantitative estimate of drug-likeness (QED) is 0.735. The van der Waals surface area contributed by atoms with Gasteiger partial charge in [-0.3, -0.25) is 9.69 Å². The van der Waals surface area contributed by atoms with Gasteiger partial charge in [0.25, 0.3) is 0 Å². The molecule has 2 rings (SSSR count). The van der Waals surface area contributed by atoms with Gasteiger partial charge in [0.15, 0.2) is 5.78 Å². The van der Waals surface area contributed by atoms with Crippen LogP contribution in [0.4, 0.5) is 0 Å². The summed E-state index contributed by atoms with van der Waals surface area (Å²) in [7, 11) is 0. The van der Waals surface area contributed by atoms with Crippen LogP contribution in [0.25, 0.3) is 0 Å². The molecule has 1 heterocycles. The van der Waals surface area contributed by atoms with Gasteiger partial charge in [-0.25, -0.2) is 0 Å². The van der Waals surface area contributed by atoms with Gasteiger partial charge in [-0.15, -0.1) is 11.3 Å². The van der Waals surface area contributed by atoms with Crippen LogP contribution in [-0.2, 0) is 0 Å². The number of hydrogen-bond acceptors (Lipinski definition) is 3. The molecule has 0 bridgehead atoms. The molecule has 4 heteroatoms. The van der Waals surface area contributed by atoms with Gasteiger partial charge in [-0.05, 0) is 30.9 Å². The summed E-state index contributed by atoms with van der Waals surface area (Å²) in [5, 5.41) is 0. The van der Waals surface area contributed by atoms with Gasteiger partial charge < -0.3 is 0 Å². The lowest BCUT2D eigenvalue weighted by atomic mass is 10.2. The van der Waals surface area contributed by atoms with Crippen molar-refractivity contribution in [2.45, 2.75) is 32.7 Å². The molecule has 2 nitrogen and oxygen atoms in total. The summed E-state index contributed by atoms with van der Waals surface area (Å²) in [6.07, 6.45) is 2.48. The van der Waals surface area contributed by atoms with Crippen LogP contribution in [-0.4, -0.2) is 29.8 Å². The second kappa shape index (κ2) is 5.51. The van der Waals surface area contributed by atoms with E-state index in [1.165, 1.54) is 24.2 Å². The zero-order chi connectivity index (χ0) is 12.4. The lowest BCUT2D eigenvalue weighted by Gasteiger charge is -2.22. The zero-order valence-electron chi connectivity index (χ0n) is 10.3. The highest BCUT2D eigenvalue weighted by atomic mass is 35.5. The minimum atomic E-state index is 0.203. The fourth-order valence-corrected chi connectivity index (χ4v) is 2.95. The fourth-order valence-electron chi connectivity index (χ4n) is 1.98. The maximum Gasteiger partial charge on any atom is 0.186 e. The monoisotopic (exact) mass is 271 g/mol. The Morgan fingerprint density at radius 3 is 2.71 bits per heavy atom. The van der Waals surface area contributed by atoms with Crippen molar-refractivity contribution < 1.29 is 4.79 Å². The smallest absolute Gasteiger partial charge is 0.186 e. The summed E-state index contributed by atoms with van der Waals surface area (Å²) in [5.41, 5.74) is 0. The van der Waals surface area contributed by atoms with E-state index in [2.05, 4.69) is 18.7 Å². The number of thiophene rings is 1. The molecule has 0 amide bonds. The Morgan fingerprint density at radius 1 is 1.53 bits per heavy atom. The van der Waals surface area contributed by atoms with E-state index in [0.29, 0.717) is 22.8 Å². The Balaban J connectivity index is 1.95. The maximum atomic E-state index is 12.1. The van der Waals surface area contributed by atoms with E-state index in [0.717, 1.165) is 11.4 Å². The molecular formula is C13H18ClNOS. The average Bonchev–Trinajstić information content (AvgIpc) is 2.99. The van der Waals surface area contributed by atoms with Gasteiger partial charge in [0, 0.05) is 12.6 Å². The molecule has 1 aromatic rings. The largest absolute Gasteiger partial charge is 0.293 e. The number of carbonyl (C=O) groups is 1. The van der Waals surface area contributed by atoms with Gasteiger partial charge in [0.1, 0.15) is 0 Å². The Bertz CT molecular complexity index is 398. The van der Waals surface area contributed by atoms with Crippen molar-refractivity contribution in [2.24, 2.45) is 5.92 Å². The first-order chi connectivity index (χ1) is 8.06. The summed E-state index contributed by atoms with van der Waals surface area (Å²) < 4.78 is 0.690. The molecule has 0 aromatic carbocycles. The summed E-state index contributed by atoms with van der Waals surface area (Å²) in [6.45, 7) is 5.94. The van der Waals surface area contributed by atoms with Crippen LogP contribution >= 0.6 is 22.9 Å². The summed E-state index contributed by atoms with van der Waals surface area (Å²) in [5.74, 6) is 0.810. The Morgan fingerprint density at radius 2 is 2.24 bits per heavy atom. The minimum Gasteiger partial charge on any atom is -0.293 e. The molecule has 1 saturated carbocycles. The molecule has 0 saturated heterocycles.